The van der Waals surface area contributed by atoms with Gasteiger partial charge in [-0.25, -0.2) is 4.79 Å². The number of methoxy groups -OCH3 is 1. The number of esters is 1. The van der Waals surface area contributed by atoms with E-state index in [1.165, 1.54) is 7.11 Å². The second-order valence-electron chi connectivity index (χ2n) is 5.32. The molecule has 8 heteroatoms. The topological polar surface area (TPSA) is 122 Å². The van der Waals surface area contributed by atoms with Crippen LogP contribution in [0.2, 0.25) is 0 Å². The maximum absolute atomic E-state index is 11.8. The van der Waals surface area contributed by atoms with Crippen molar-refractivity contribution in [3.63, 3.8) is 0 Å². The van der Waals surface area contributed by atoms with Gasteiger partial charge >= 0.3 is 12.1 Å². The molecule has 0 spiro atoms. The summed E-state index contributed by atoms with van der Waals surface area (Å²) in [4.78, 5) is 26.5. The van der Waals surface area contributed by atoms with Crippen LogP contribution >= 0.6 is 0 Å². The van der Waals surface area contributed by atoms with Crippen LogP contribution in [0.4, 0.5) is 4.79 Å². The van der Waals surface area contributed by atoms with Gasteiger partial charge in [0.05, 0.1) is 13.7 Å². The predicted molar refractivity (Wildman–Crippen MR) is 73.5 cm³/mol. The minimum Gasteiger partial charge on any atom is -0.468 e. The highest BCUT2D eigenvalue weighted by atomic mass is 16.6. The maximum Gasteiger partial charge on any atom is 0.410 e. The SMILES string of the molecule is COC(=O)CN1CCN(C(=O)OC(C)(C)C)CC1.O.O. The summed E-state index contributed by atoms with van der Waals surface area (Å²) in [6.07, 6.45) is -0.291. The minimum absolute atomic E-state index is 0. The van der Waals surface area contributed by atoms with Gasteiger partial charge in [-0.1, -0.05) is 0 Å². The lowest BCUT2D eigenvalue weighted by Gasteiger charge is -2.34. The highest BCUT2D eigenvalue weighted by molar-refractivity contribution is 5.71. The molecule has 1 amide bonds. The molecule has 0 saturated carbocycles. The van der Waals surface area contributed by atoms with Crippen molar-refractivity contribution in [2.24, 2.45) is 0 Å². The van der Waals surface area contributed by atoms with Gasteiger partial charge in [0.15, 0.2) is 0 Å². The number of rotatable bonds is 2. The molecule has 0 aromatic carbocycles. The first-order valence-electron chi connectivity index (χ1n) is 6.09. The van der Waals surface area contributed by atoms with Crippen LogP contribution in [0.1, 0.15) is 20.8 Å². The Morgan fingerprint density at radius 3 is 1.95 bits per heavy atom. The molecule has 0 radical (unpaired) electrons. The van der Waals surface area contributed by atoms with E-state index in [1.54, 1.807) is 4.90 Å². The number of carbonyl (C=O) groups excluding carboxylic acids is 2. The molecule has 0 atom stereocenters. The van der Waals surface area contributed by atoms with Crippen molar-refractivity contribution in [1.82, 2.24) is 9.80 Å². The molecule has 1 heterocycles. The number of hydrogen-bond acceptors (Lipinski definition) is 5. The van der Waals surface area contributed by atoms with Gasteiger partial charge in [0.1, 0.15) is 5.60 Å². The second-order valence-corrected chi connectivity index (χ2v) is 5.32. The normalized spacial score (nSPS) is 15.7. The van der Waals surface area contributed by atoms with E-state index in [2.05, 4.69) is 4.74 Å². The smallest absolute Gasteiger partial charge is 0.410 e. The Labute approximate surface area is 119 Å². The van der Waals surface area contributed by atoms with Crippen LogP contribution in [0.15, 0.2) is 0 Å². The van der Waals surface area contributed by atoms with Gasteiger partial charge in [-0.15, -0.1) is 0 Å². The highest BCUT2D eigenvalue weighted by Crippen LogP contribution is 2.11. The zero-order chi connectivity index (χ0) is 13.8. The van der Waals surface area contributed by atoms with Gasteiger partial charge in [-0.05, 0) is 20.8 Å². The molecule has 0 aliphatic carbocycles. The van der Waals surface area contributed by atoms with Crippen molar-refractivity contribution < 1.29 is 30.0 Å². The summed E-state index contributed by atoms with van der Waals surface area (Å²) in [5.74, 6) is -0.249. The second kappa shape index (κ2) is 8.72. The first-order valence-corrected chi connectivity index (χ1v) is 6.09. The number of carbonyl (C=O) groups is 2. The Balaban J connectivity index is 0. The van der Waals surface area contributed by atoms with E-state index in [4.69, 9.17) is 4.74 Å². The Hall–Kier alpha value is -1.38. The number of hydrogen-bond donors (Lipinski definition) is 0. The third-order valence-corrected chi connectivity index (χ3v) is 2.60. The summed E-state index contributed by atoms with van der Waals surface area (Å²) in [5, 5.41) is 0. The number of nitrogens with zero attached hydrogens (tertiary/aromatic N) is 2. The fraction of sp³-hybridized carbons (Fsp3) is 0.833. The summed E-state index contributed by atoms with van der Waals surface area (Å²) in [5.41, 5.74) is -0.472. The molecule has 1 rings (SSSR count). The summed E-state index contributed by atoms with van der Waals surface area (Å²) < 4.78 is 9.90. The minimum atomic E-state index is -0.472. The number of piperazine rings is 1. The average Bonchev–Trinajstić information content (AvgIpc) is 2.27. The first-order chi connectivity index (χ1) is 8.31. The first kappa shape index (κ1) is 20.9. The monoisotopic (exact) mass is 294 g/mol. The van der Waals surface area contributed by atoms with Gasteiger partial charge in [-0.3, -0.25) is 9.69 Å². The standard InChI is InChI=1S/C12H22N2O4.2H2O/c1-12(2,3)18-11(16)14-7-5-13(6-8-14)9-10(15)17-4;;/h5-9H2,1-4H3;2*1H2. The van der Waals surface area contributed by atoms with Gasteiger partial charge in [0, 0.05) is 26.2 Å². The van der Waals surface area contributed by atoms with Crippen molar-refractivity contribution in [2.45, 2.75) is 26.4 Å². The largest absolute Gasteiger partial charge is 0.468 e. The summed E-state index contributed by atoms with van der Waals surface area (Å²) in [6, 6.07) is 0. The maximum atomic E-state index is 11.8. The summed E-state index contributed by atoms with van der Waals surface area (Å²) in [7, 11) is 1.37. The lowest BCUT2D eigenvalue weighted by atomic mass is 10.2. The molecule has 0 unspecified atom stereocenters. The third kappa shape index (κ3) is 7.27. The molecular formula is C12H26N2O6. The molecule has 1 aliphatic heterocycles. The van der Waals surface area contributed by atoms with Crippen LogP contribution in [-0.4, -0.2) is 78.2 Å². The van der Waals surface area contributed by atoms with Gasteiger partial charge in [0.2, 0.25) is 0 Å². The Bertz CT molecular complexity index is 308. The molecule has 0 aromatic heterocycles. The molecule has 0 bridgehead atoms. The zero-order valence-electron chi connectivity index (χ0n) is 12.6. The molecule has 0 aromatic rings. The van der Waals surface area contributed by atoms with E-state index in [-0.39, 0.29) is 29.6 Å². The van der Waals surface area contributed by atoms with Crippen molar-refractivity contribution in [3.8, 4) is 0 Å². The van der Waals surface area contributed by atoms with Crippen LogP contribution in [-0.2, 0) is 14.3 Å². The molecule has 1 saturated heterocycles. The fourth-order valence-corrected chi connectivity index (χ4v) is 1.66. The van der Waals surface area contributed by atoms with Crippen molar-refractivity contribution in [2.75, 3.05) is 39.8 Å². The lowest BCUT2D eigenvalue weighted by molar-refractivity contribution is -0.142. The van der Waals surface area contributed by atoms with Gasteiger partial charge in [0.25, 0.3) is 0 Å². The highest BCUT2D eigenvalue weighted by Gasteiger charge is 2.26. The molecule has 8 nitrogen and oxygen atoms in total. The molecular weight excluding hydrogens is 268 g/mol. The van der Waals surface area contributed by atoms with Crippen molar-refractivity contribution in [3.05, 3.63) is 0 Å². The number of amides is 1. The van der Waals surface area contributed by atoms with Gasteiger partial charge in [-0.2, -0.15) is 0 Å². The van der Waals surface area contributed by atoms with E-state index >= 15 is 0 Å². The molecule has 120 valence electrons. The van der Waals surface area contributed by atoms with E-state index < -0.39 is 5.60 Å². The van der Waals surface area contributed by atoms with Crippen LogP contribution in [0.25, 0.3) is 0 Å². The predicted octanol–water partition coefficient (Wildman–Crippen LogP) is -0.937. The Morgan fingerprint density at radius 1 is 1.05 bits per heavy atom. The van der Waals surface area contributed by atoms with E-state index in [9.17, 15) is 9.59 Å². The summed E-state index contributed by atoms with van der Waals surface area (Å²) >= 11 is 0. The molecule has 4 N–H and O–H groups in total. The Morgan fingerprint density at radius 2 is 1.55 bits per heavy atom. The number of ether oxygens (including phenoxy) is 2. The lowest BCUT2D eigenvalue weighted by Crippen LogP contribution is -2.51. The van der Waals surface area contributed by atoms with E-state index in [0.29, 0.717) is 26.2 Å². The van der Waals surface area contributed by atoms with Crippen LogP contribution in [0.5, 0.6) is 0 Å². The van der Waals surface area contributed by atoms with Crippen LogP contribution in [0, 0.1) is 0 Å². The Kier molecular flexibility index (Phi) is 9.13. The molecule has 1 aliphatic rings. The van der Waals surface area contributed by atoms with Crippen LogP contribution in [0.3, 0.4) is 0 Å². The quantitative estimate of drug-likeness (QED) is 0.608. The molecule has 20 heavy (non-hydrogen) atoms. The van der Waals surface area contributed by atoms with Crippen molar-refractivity contribution >= 4 is 12.1 Å². The fourth-order valence-electron chi connectivity index (χ4n) is 1.66. The van der Waals surface area contributed by atoms with Crippen molar-refractivity contribution in [1.29, 1.82) is 0 Å². The van der Waals surface area contributed by atoms with Crippen LogP contribution < -0.4 is 0 Å². The third-order valence-electron chi connectivity index (χ3n) is 2.60. The van der Waals surface area contributed by atoms with Gasteiger partial charge < -0.3 is 25.3 Å². The molecule has 1 fully saturated rings. The van der Waals surface area contributed by atoms with E-state index in [0.717, 1.165) is 0 Å². The average molecular weight is 294 g/mol. The van der Waals surface area contributed by atoms with E-state index in [1.807, 2.05) is 25.7 Å². The summed E-state index contributed by atoms with van der Waals surface area (Å²) in [6.45, 7) is 8.29. The zero-order valence-corrected chi connectivity index (χ0v) is 12.6.